The van der Waals surface area contributed by atoms with Crippen LogP contribution in [-0.2, 0) is 4.79 Å². The number of thioether (sulfide) groups is 1. The summed E-state index contributed by atoms with van der Waals surface area (Å²) in [7, 11) is 0. The van der Waals surface area contributed by atoms with Crippen LogP contribution < -0.4 is 5.11 Å². The molecule has 1 aromatic heterocycles. The van der Waals surface area contributed by atoms with Crippen molar-refractivity contribution in [3.05, 3.63) is 5.01 Å². The molecule has 1 heterocycles. The Balaban J connectivity index is 2.58. The van der Waals surface area contributed by atoms with E-state index in [0.29, 0.717) is 4.34 Å². The highest BCUT2D eigenvalue weighted by molar-refractivity contribution is 8.02. The van der Waals surface area contributed by atoms with Crippen LogP contribution in [0.3, 0.4) is 0 Å². The van der Waals surface area contributed by atoms with Crippen LogP contribution in [0.25, 0.3) is 0 Å². The Hall–Kier alpha value is -0.620. The number of hydrogen-bond acceptors (Lipinski definition) is 6. The van der Waals surface area contributed by atoms with Crippen molar-refractivity contribution in [2.45, 2.75) is 23.4 Å². The maximum Gasteiger partial charge on any atom is 0.174 e. The van der Waals surface area contributed by atoms with Gasteiger partial charge in [0.05, 0.1) is 5.97 Å². The van der Waals surface area contributed by atoms with Crippen molar-refractivity contribution in [3.63, 3.8) is 0 Å². The van der Waals surface area contributed by atoms with Crippen LogP contribution in [-0.4, -0.2) is 21.4 Å². The van der Waals surface area contributed by atoms with Crippen molar-refractivity contribution in [2.24, 2.45) is 0 Å². The quantitative estimate of drug-likeness (QED) is 0.651. The molecule has 0 unspecified atom stereocenters. The van der Waals surface area contributed by atoms with E-state index in [4.69, 9.17) is 0 Å². The molecule has 0 bridgehead atoms. The third-order valence-corrected chi connectivity index (χ3v) is 3.12. The Labute approximate surface area is 78.0 Å². The second-order valence-corrected chi connectivity index (χ2v) is 4.94. The van der Waals surface area contributed by atoms with E-state index in [9.17, 15) is 9.90 Å². The first-order valence-corrected chi connectivity index (χ1v) is 4.97. The number of aliphatic carboxylic acids is 1. The van der Waals surface area contributed by atoms with Crippen LogP contribution in [0.4, 0.5) is 0 Å². The third kappa shape index (κ3) is 2.46. The number of carboxylic acid groups (broad SMARTS) is 1. The van der Waals surface area contributed by atoms with Crippen LogP contribution >= 0.6 is 23.1 Å². The zero-order valence-electron chi connectivity index (χ0n) is 6.60. The average Bonchev–Trinajstić information content (AvgIpc) is 2.35. The minimum Gasteiger partial charge on any atom is -0.549 e. The Bertz CT molecular complexity index is 287. The SMILES string of the molecule is Cc1nnc(S[C@@H](C)C(=O)[O-])s1. The van der Waals surface area contributed by atoms with E-state index in [0.717, 1.165) is 16.8 Å². The number of carbonyl (C=O) groups is 1. The van der Waals surface area contributed by atoms with Crippen molar-refractivity contribution in [1.82, 2.24) is 10.2 Å². The minimum atomic E-state index is -1.08. The number of aryl methyl sites for hydroxylation is 1. The van der Waals surface area contributed by atoms with Gasteiger partial charge in [0, 0.05) is 5.25 Å². The average molecular weight is 203 g/mol. The molecule has 0 radical (unpaired) electrons. The van der Waals surface area contributed by atoms with Crippen molar-refractivity contribution in [3.8, 4) is 0 Å². The second kappa shape index (κ2) is 3.86. The van der Waals surface area contributed by atoms with Gasteiger partial charge in [-0.3, -0.25) is 0 Å². The number of carboxylic acids is 1. The zero-order chi connectivity index (χ0) is 9.14. The molecule has 0 amide bonds. The van der Waals surface area contributed by atoms with E-state index in [1.54, 1.807) is 6.92 Å². The second-order valence-electron chi connectivity index (χ2n) is 2.17. The molecule has 0 saturated heterocycles. The molecule has 0 saturated carbocycles. The number of aromatic nitrogens is 2. The van der Waals surface area contributed by atoms with Gasteiger partial charge in [-0.1, -0.05) is 23.1 Å². The monoisotopic (exact) mass is 203 g/mol. The van der Waals surface area contributed by atoms with Crippen molar-refractivity contribution in [2.75, 3.05) is 0 Å². The van der Waals surface area contributed by atoms with E-state index in [1.807, 2.05) is 6.92 Å². The third-order valence-electron chi connectivity index (χ3n) is 1.12. The van der Waals surface area contributed by atoms with Gasteiger partial charge in [-0.05, 0) is 13.8 Å². The van der Waals surface area contributed by atoms with Gasteiger partial charge >= 0.3 is 0 Å². The molecule has 66 valence electrons. The molecule has 1 atom stereocenters. The highest BCUT2D eigenvalue weighted by atomic mass is 32.2. The highest BCUT2D eigenvalue weighted by Gasteiger charge is 2.08. The summed E-state index contributed by atoms with van der Waals surface area (Å²) in [4.78, 5) is 10.3. The van der Waals surface area contributed by atoms with Crippen LogP contribution in [0.2, 0.25) is 0 Å². The molecule has 0 aliphatic carbocycles. The van der Waals surface area contributed by atoms with E-state index >= 15 is 0 Å². The van der Waals surface area contributed by atoms with E-state index in [-0.39, 0.29) is 0 Å². The fourth-order valence-corrected chi connectivity index (χ4v) is 2.42. The lowest BCUT2D eigenvalue weighted by molar-refractivity contribution is -0.304. The molecule has 6 heteroatoms. The fourth-order valence-electron chi connectivity index (χ4n) is 0.525. The molecule has 0 aliphatic heterocycles. The van der Waals surface area contributed by atoms with E-state index in [1.165, 1.54) is 11.3 Å². The lowest BCUT2D eigenvalue weighted by Gasteiger charge is -2.08. The van der Waals surface area contributed by atoms with Crippen LogP contribution in [0.5, 0.6) is 0 Å². The van der Waals surface area contributed by atoms with Crippen molar-refractivity contribution >= 4 is 29.1 Å². The first-order valence-electron chi connectivity index (χ1n) is 3.27. The molecule has 0 aromatic carbocycles. The molecule has 0 fully saturated rings. The van der Waals surface area contributed by atoms with Gasteiger partial charge in [-0.2, -0.15) is 0 Å². The van der Waals surface area contributed by atoms with Gasteiger partial charge in [0.2, 0.25) is 0 Å². The maximum atomic E-state index is 10.3. The zero-order valence-corrected chi connectivity index (χ0v) is 8.24. The van der Waals surface area contributed by atoms with Crippen LogP contribution in [0, 0.1) is 6.92 Å². The number of carbonyl (C=O) groups excluding carboxylic acids is 1. The molecule has 1 aromatic rings. The Kier molecular flexibility index (Phi) is 3.05. The summed E-state index contributed by atoms with van der Waals surface area (Å²) in [6, 6.07) is 0. The summed E-state index contributed by atoms with van der Waals surface area (Å²) in [6.07, 6.45) is 0. The summed E-state index contributed by atoms with van der Waals surface area (Å²) in [6.45, 7) is 3.39. The number of rotatable bonds is 3. The van der Waals surface area contributed by atoms with Gasteiger partial charge in [0.25, 0.3) is 0 Å². The Morgan fingerprint density at radius 1 is 1.67 bits per heavy atom. The Morgan fingerprint density at radius 3 is 2.75 bits per heavy atom. The fraction of sp³-hybridized carbons (Fsp3) is 0.500. The summed E-state index contributed by atoms with van der Waals surface area (Å²) in [5.74, 6) is -1.08. The Morgan fingerprint density at radius 2 is 2.33 bits per heavy atom. The normalized spacial score (nSPS) is 12.8. The standard InChI is InChI=1S/C6H8N2O2S2/c1-3(5(9)10)11-6-8-7-4(2)12-6/h3H,1-2H3,(H,9,10)/p-1/t3-/m0/s1. The molecule has 0 spiro atoms. The maximum absolute atomic E-state index is 10.3. The molecule has 0 aliphatic rings. The smallest absolute Gasteiger partial charge is 0.174 e. The summed E-state index contributed by atoms with van der Waals surface area (Å²) < 4.78 is 0.671. The molecule has 0 N–H and O–H groups in total. The predicted octanol–water partition coefficient (Wildman–Crippen LogP) is 0.0770. The number of nitrogens with zero attached hydrogens (tertiary/aromatic N) is 2. The van der Waals surface area contributed by atoms with Crippen molar-refractivity contribution < 1.29 is 9.90 Å². The summed E-state index contributed by atoms with van der Waals surface area (Å²) >= 11 is 2.54. The summed E-state index contributed by atoms with van der Waals surface area (Å²) in [5.41, 5.74) is 0. The van der Waals surface area contributed by atoms with Gasteiger partial charge in [0.1, 0.15) is 5.01 Å². The van der Waals surface area contributed by atoms with E-state index in [2.05, 4.69) is 10.2 Å². The molecule has 12 heavy (non-hydrogen) atoms. The largest absolute Gasteiger partial charge is 0.549 e. The summed E-state index contributed by atoms with van der Waals surface area (Å²) in [5, 5.41) is 18.1. The lowest BCUT2D eigenvalue weighted by Crippen LogP contribution is -2.31. The van der Waals surface area contributed by atoms with Gasteiger partial charge in [-0.25, -0.2) is 0 Å². The minimum absolute atomic E-state index is 0.572. The molecular formula is C6H7N2O2S2-. The lowest BCUT2D eigenvalue weighted by atomic mass is 10.5. The first kappa shape index (κ1) is 9.47. The van der Waals surface area contributed by atoms with E-state index < -0.39 is 11.2 Å². The number of hydrogen-bond donors (Lipinski definition) is 0. The van der Waals surface area contributed by atoms with Gasteiger partial charge in [-0.15, -0.1) is 10.2 Å². The molecular weight excluding hydrogens is 196 g/mol. The van der Waals surface area contributed by atoms with Crippen LogP contribution in [0.1, 0.15) is 11.9 Å². The predicted molar refractivity (Wildman–Crippen MR) is 45.0 cm³/mol. The topological polar surface area (TPSA) is 65.9 Å². The van der Waals surface area contributed by atoms with Crippen molar-refractivity contribution in [1.29, 1.82) is 0 Å². The van der Waals surface area contributed by atoms with Gasteiger partial charge < -0.3 is 9.90 Å². The van der Waals surface area contributed by atoms with Crippen LogP contribution in [0.15, 0.2) is 4.34 Å². The highest BCUT2D eigenvalue weighted by Crippen LogP contribution is 2.25. The molecule has 1 rings (SSSR count). The first-order chi connectivity index (χ1) is 5.59. The van der Waals surface area contributed by atoms with Gasteiger partial charge in [0.15, 0.2) is 4.34 Å². The molecule has 4 nitrogen and oxygen atoms in total.